The molecule has 7 heteroatoms. The van der Waals surface area contributed by atoms with Crippen LogP contribution in [0.15, 0.2) is 40.8 Å². The van der Waals surface area contributed by atoms with Gasteiger partial charge in [0.2, 0.25) is 10.0 Å². The molecule has 132 valence electrons. The van der Waals surface area contributed by atoms with Gasteiger partial charge in [0.15, 0.2) is 0 Å². The lowest BCUT2D eigenvalue weighted by Gasteiger charge is -2.14. The number of anilines is 1. The molecule has 24 heavy (non-hydrogen) atoms. The molecule has 0 saturated carbocycles. The number of allylic oxidation sites excluding steroid dienone is 1. The van der Waals surface area contributed by atoms with E-state index in [1.54, 1.807) is 12.1 Å². The van der Waals surface area contributed by atoms with Crippen LogP contribution in [0.2, 0.25) is 0 Å². The van der Waals surface area contributed by atoms with Crippen LogP contribution in [0, 0.1) is 0 Å². The summed E-state index contributed by atoms with van der Waals surface area (Å²) in [4.78, 5) is 12.1. The van der Waals surface area contributed by atoms with E-state index in [4.69, 9.17) is 0 Å². The Morgan fingerprint density at radius 1 is 1.25 bits per heavy atom. The lowest BCUT2D eigenvalue weighted by Crippen LogP contribution is -2.30. The molecule has 0 aliphatic heterocycles. The summed E-state index contributed by atoms with van der Waals surface area (Å²) < 4.78 is 25.4. The smallest absolute Gasteiger partial charge is 0.319 e. The number of nitrogens with zero attached hydrogens (tertiary/aromatic N) is 1. The summed E-state index contributed by atoms with van der Waals surface area (Å²) in [5.74, 6) is 0. The van der Waals surface area contributed by atoms with Crippen LogP contribution in [0.25, 0.3) is 0 Å². The molecule has 2 rings (SSSR count). The zero-order valence-corrected chi connectivity index (χ0v) is 15.0. The molecule has 1 aromatic rings. The molecule has 2 amide bonds. The molecule has 0 fully saturated rings. The summed E-state index contributed by atoms with van der Waals surface area (Å²) in [6, 6.07) is 5.91. The normalized spacial score (nSPS) is 15.0. The molecular weight excluding hydrogens is 326 g/mol. The van der Waals surface area contributed by atoms with Crippen LogP contribution in [0.5, 0.6) is 0 Å². The molecule has 0 spiro atoms. The SMILES string of the molecule is CN(C)S(=O)(=O)c1cccc(NC(=O)NCCC2=CCCCC2)c1. The van der Waals surface area contributed by atoms with Gasteiger partial charge in [-0.05, 0) is 50.3 Å². The third-order valence-corrected chi connectivity index (χ3v) is 5.80. The summed E-state index contributed by atoms with van der Waals surface area (Å²) in [6.07, 6.45) is 7.86. The minimum absolute atomic E-state index is 0.151. The Kier molecular flexibility index (Phi) is 6.39. The Bertz CT molecular complexity index is 712. The molecule has 0 radical (unpaired) electrons. The van der Waals surface area contributed by atoms with Crippen LogP contribution < -0.4 is 10.6 Å². The van der Waals surface area contributed by atoms with Crippen molar-refractivity contribution < 1.29 is 13.2 Å². The number of nitrogens with one attached hydrogen (secondary N) is 2. The first-order valence-electron chi connectivity index (χ1n) is 8.15. The largest absolute Gasteiger partial charge is 0.338 e. The van der Waals surface area contributed by atoms with Gasteiger partial charge in [-0.25, -0.2) is 17.5 Å². The molecule has 1 aliphatic carbocycles. The van der Waals surface area contributed by atoms with Gasteiger partial charge >= 0.3 is 6.03 Å². The third kappa shape index (κ3) is 5.07. The maximum atomic E-state index is 12.1. The van der Waals surface area contributed by atoms with Gasteiger partial charge in [-0.3, -0.25) is 0 Å². The number of amides is 2. The van der Waals surface area contributed by atoms with E-state index in [1.165, 1.54) is 44.6 Å². The second-order valence-electron chi connectivity index (χ2n) is 6.05. The van der Waals surface area contributed by atoms with E-state index in [2.05, 4.69) is 16.7 Å². The molecule has 0 atom stereocenters. The topological polar surface area (TPSA) is 78.5 Å². The minimum atomic E-state index is -3.51. The number of sulfonamides is 1. The van der Waals surface area contributed by atoms with E-state index in [0.29, 0.717) is 12.2 Å². The van der Waals surface area contributed by atoms with Crippen LogP contribution in [-0.4, -0.2) is 39.4 Å². The maximum absolute atomic E-state index is 12.1. The fourth-order valence-electron chi connectivity index (χ4n) is 2.59. The average Bonchev–Trinajstić information content (AvgIpc) is 2.56. The molecule has 6 nitrogen and oxygen atoms in total. The predicted molar refractivity (Wildman–Crippen MR) is 95.5 cm³/mol. The van der Waals surface area contributed by atoms with Crippen molar-refractivity contribution in [3.8, 4) is 0 Å². The van der Waals surface area contributed by atoms with Gasteiger partial charge in [0.05, 0.1) is 4.90 Å². The van der Waals surface area contributed by atoms with Gasteiger partial charge in [-0.15, -0.1) is 0 Å². The Balaban J connectivity index is 1.89. The molecule has 0 aromatic heterocycles. The number of hydrogen-bond acceptors (Lipinski definition) is 3. The van der Waals surface area contributed by atoms with Gasteiger partial charge in [-0.2, -0.15) is 0 Å². The van der Waals surface area contributed by atoms with Gasteiger partial charge in [0.1, 0.15) is 0 Å². The van der Waals surface area contributed by atoms with Crippen molar-refractivity contribution >= 4 is 21.7 Å². The zero-order chi connectivity index (χ0) is 17.6. The lowest BCUT2D eigenvalue weighted by atomic mass is 9.97. The van der Waals surface area contributed by atoms with E-state index in [9.17, 15) is 13.2 Å². The van der Waals surface area contributed by atoms with Crippen LogP contribution in [0.4, 0.5) is 10.5 Å². The van der Waals surface area contributed by atoms with Crippen molar-refractivity contribution in [2.75, 3.05) is 26.0 Å². The molecule has 0 heterocycles. The van der Waals surface area contributed by atoms with Gasteiger partial charge in [0.25, 0.3) is 0 Å². The first-order valence-corrected chi connectivity index (χ1v) is 9.59. The van der Waals surface area contributed by atoms with Crippen LogP contribution in [0.1, 0.15) is 32.1 Å². The molecule has 0 saturated heterocycles. The van der Waals surface area contributed by atoms with E-state index < -0.39 is 10.0 Å². The van der Waals surface area contributed by atoms with E-state index >= 15 is 0 Å². The number of rotatable bonds is 6. The first-order chi connectivity index (χ1) is 11.4. The Morgan fingerprint density at radius 3 is 2.71 bits per heavy atom. The molecule has 1 aliphatic rings. The van der Waals surface area contributed by atoms with Crippen molar-refractivity contribution in [1.29, 1.82) is 0 Å². The number of carbonyl (C=O) groups is 1. The zero-order valence-electron chi connectivity index (χ0n) is 14.2. The van der Waals surface area contributed by atoms with Gasteiger partial charge < -0.3 is 10.6 Å². The van der Waals surface area contributed by atoms with E-state index in [-0.39, 0.29) is 10.9 Å². The quantitative estimate of drug-likeness (QED) is 0.774. The minimum Gasteiger partial charge on any atom is -0.338 e. The monoisotopic (exact) mass is 351 g/mol. The number of urea groups is 1. The highest BCUT2D eigenvalue weighted by Gasteiger charge is 2.17. The first kappa shape index (κ1) is 18.5. The van der Waals surface area contributed by atoms with Gasteiger partial charge in [-0.1, -0.05) is 17.7 Å². The predicted octanol–water partition coefficient (Wildman–Crippen LogP) is 2.95. The lowest BCUT2D eigenvalue weighted by molar-refractivity contribution is 0.252. The summed E-state index contributed by atoms with van der Waals surface area (Å²) in [6.45, 7) is 0.577. The van der Waals surface area contributed by atoms with Crippen molar-refractivity contribution in [1.82, 2.24) is 9.62 Å². The molecular formula is C17H25N3O3S. The molecule has 0 unspecified atom stereocenters. The number of carbonyl (C=O) groups excluding carboxylic acids is 1. The summed E-state index contributed by atoms with van der Waals surface area (Å²) in [5, 5.41) is 5.49. The van der Waals surface area contributed by atoms with Crippen molar-refractivity contribution in [2.24, 2.45) is 0 Å². The van der Waals surface area contributed by atoms with Gasteiger partial charge in [0, 0.05) is 26.3 Å². The summed E-state index contributed by atoms with van der Waals surface area (Å²) in [7, 11) is -0.564. The van der Waals surface area contributed by atoms with E-state index in [1.807, 2.05) is 0 Å². The standard InChI is InChI=1S/C17H25N3O3S/c1-20(2)24(22,23)16-10-6-9-15(13-16)19-17(21)18-12-11-14-7-4-3-5-8-14/h6-7,9-10,13H,3-5,8,11-12H2,1-2H3,(H2,18,19,21). The summed E-state index contributed by atoms with van der Waals surface area (Å²) in [5.41, 5.74) is 1.85. The second kappa shape index (κ2) is 8.30. The molecule has 2 N–H and O–H groups in total. The van der Waals surface area contributed by atoms with Crippen molar-refractivity contribution in [2.45, 2.75) is 37.0 Å². The van der Waals surface area contributed by atoms with Crippen LogP contribution in [-0.2, 0) is 10.0 Å². The Hall–Kier alpha value is -1.86. The Labute approximate surface area is 144 Å². The Morgan fingerprint density at radius 2 is 2.04 bits per heavy atom. The number of hydrogen-bond donors (Lipinski definition) is 2. The van der Waals surface area contributed by atoms with E-state index in [0.717, 1.165) is 23.6 Å². The fourth-order valence-corrected chi connectivity index (χ4v) is 3.54. The fraction of sp³-hybridized carbons (Fsp3) is 0.471. The molecule has 0 bridgehead atoms. The van der Waals surface area contributed by atoms with Crippen LogP contribution in [0.3, 0.4) is 0 Å². The van der Waals surface area contributed by atoms with Crippen molar-refractivity contribution in [3.63, 3.8) is 0 Å². The highest BCUT2D eigenvalue weighted by atomic mass is 32.2. The maximum Gasteiger partial charge on any atom is 0.319 e. The molecule has 1 aromatic carbocycles. The second-order valence-corrected chi connectivity index (χ2v) is 8.21. The summed E-state index contributed by atoms with van der Waals surface area (Å²) >= 11 is 0. The van der Waals surface area contributed by atoms with Crippen molar-refractivity contribution in [3.05, 3.63) is 35.9 Å². The highest BCUT2D eigenvalue weighted by molar-refractivity contribution is 7.89. The third-order valence-electron chi connectivity index (χ3n) is 3.99. The highest BCUT2D eigenvalue weighted by Crippen LogP contribution is 2.20. The number of benzene rings is 1. The average molecular weight is 351 g/mol. The van der Waals surface area contributed by atoms with Crippen LogP contribution >= 0.6 is 0 Å².